The number of sulfonamides is 1. The van der Waals surface area contributed by atoms with E-state index in [1.54, 1.807) is 13.0 Å². The summed E-state index contributed by atoms with van der Waals surface area (Å²) in [5.41, 5.74) is 1.34. The van der Waals surface area contributed by atoms with Crippen LogP contribution in [0, 0.1) is 6.92 Å². The molecule has 2 rings (SSSR count). The van der Waals surface area contributed by atoms with E-state index in [0.29, 0.717) is 35.8 Å². The second kappa shape index (κ2) is 16.4. The second-order valence-electron chi connectivity index (χ2n) is 8.34. The van der Waals surface area contributed by atoms with Gasteiger partial charge >= 0.3 is 0 Å². The second-order valence-corrected chi connectivity index (χ2v) is 12.5. The number of carbonyl (C=O) groups excluding carboxylic acids is 1. The molecule has 0 atom stereocenters. The molecule has 12 heteroatoms. The number of furan rings is 1. The van der Waals surface area contributed by atoms with Crippen molar-refractivity contribution < 1.29 is 30.4 Å². The molecule has 2 aromatic heterocycles. The third kappa shape index (κ3) is 10.7. The zero-order valence-electron chi connectivity index (χ0n) is 24.8. The minimum absolute atomic E-state index is 0.0320. The number of carbonyl (C=O) groups is 1. The van der Waals surface area contributed by atoms with Gasteiger partial charge in [-0.2, -0.15) is 4.98 Å². The number of sulfone groups is 1. The lowest BCUT2D eigenvalue weighted by Gasteiger charge is -2.22. The first-order chi connectivity index (χ1) is 18.2. The Morgan fingerprint density at radius 1 is 1.10 bits per heavy atom. The predicted molar refractivity (Wildman–Crippen MR) is 159 cm³/mol. The predicted octanol–water partition coefficient (Wildman–Crippen LogP) is 5.81. The van der Waals surface area contributed by atoms with Crippen molar-refractivity contribution in [1.29, 1.82) is 0 Å². The van der Waals surface area contributed by atoms with E-state index in [9.17, 15) is 26.0 Å². The standard InChI is InChI=1S/C23H32FN3O6S2.2C2H6/c1-7-17(11-10-16(3)24)20-19(22(28)25-4)18-14-15(2)21(26-23(18)33-20)27(35(6,31)32)12-8-9-13-34(5,29)30;2*1-2/h10-11,14H,7-9,12-13H2,1-6H3,(H,25,28);2*1-2H3/b16-10+,17-11+;;. The van der Waals surface area contributed by atoms with Gasteiger partial charge < -0.3 is 9.73 Å². The van der Waals surface area contributed by atoms with E-state index in [-0.39, 0.29) is 35.2 Å². The first-order valence-electron chi connectivity index (χ1n) is 13.0. The summed E-state index contributed by atoms with van der Waals surface area (Å²) in [5.74, 6) is -0.531. The highest BCUT2D eigenvalue weighted by Crippen LogP contribution is 2.35. The van der Waals surface area contributed by atoms with E-state index in [1.807, 2.05) is 34.6 Å². The highest BCUT2D eigenvalue weighted by molar-refractivity contribution is 7.92. The molecule has 0 aromatic carbocycles. The van der Waals surface area contributed by atoms with Gasteiger partial charge in [0.15, 0.2) is 0 Å². The molecule has 0 aliphatic heterocycles. The number of unbranched alkanes of at least 4 members (excludes halogenated alkanes) is 1. The third-order valence-corrected chi connectivity index (χ3v) is 7.44. The smallest absolute Gasteiger partial charge is 0.255 e. The molecule has 0 saturated carbocycles. The topological polar surface area (TPSA) is 127 Å². The van der Waals surface area contributed by atoms with Gasteiger partial charge in [0.1, 0.15) is 21.4 Å². The monoisotopic (exact) mass is 589 g/mol. The van der Waals surface area contributed by atoms with Crippen molar-refractivity contribution in [3.05, 3.63) is 40.9 Å². The zero-order chi connectivity index (χ0) is 30.6. The summed E-state index contributed by atoms with van der Waals surface area (Å²) >= 11 is 0. The minimum atomic E-state index is -3.75. The van der Waals surface area contributed by atoms with Crippen LogP contribution in [-0.4, -0.2) is 59.6 Å². The first kappa shape index (κ1) is 36.3. The molecule has 0 aliphatic rings. The maximum atomic E-state index is 13.3. The third-order valence-electron chi connectivity index (χ3n) is 5.25. The largest absolute Gasteiger partial charge is 0.437 e. The summed E-state index contributed by atoms with van der Waals surface area (Å²) in [4.78, 5) is 17.2. The van der Waals surface area contributed by atoms with Gasteiger partial charge in [0.2, 0.25) is 15.7 Å². The Morgan fingerprint density at radius 3 is 2.15 bits per heavy atom. The molecule has 0 spiro atoms. The molecule has 0 fully saturated rings. The van der Waals surface area contributed by atoms with Crippen molar-refractivity contribution in [2.75, 3.05) is 36.2 Å². The number of halogens is 1. The molecule has 39 heavy (non-hydrogen) atoms. The quantitative estimate of drug-likeness (QED) is 0.259. The van der Waals surface area contributed by atoms with Gasteiger partial charge in [-0.25, -0.2) is 21.2 Å². The van der Waals surface area contributed by atoms with Crippen LogP contribution < -0.4 is 9.62 Å². The summed E-state index contributed by atoms with van der Waals surface area (Å²) in [5, 5.41) is 2.97. The van der Waals surface area contributed by atoms with Crippen molar-refractivity contribution in [2.24, 2.45) is 0 Å². The maximum absolute atomic E-state index is 13.3. The number of allylic oxidation sites excluding steroid dienone is 4. The number of hydrogen-bond acceptors (Lipinski definition) is 7. The normalized spacial score (nSPS) is 12.3. The average Bonchev–Trinajstić information content (AvgIpc) is 3.22. The number of nitrogens with zero attached hydrogens (tertiary/aromatic N) is 2. The Kier molecular flexibility index (Phi) is 15.2. The minimum Gasteiger partial charge on any atom is -0.437 e. The lowest BCUT2D eigenvalue weighted by molar-refractivity contribution is 0.0963. The number of rotatable bonds is 11. The van der Waals surface area contributed by atoms with Crippen molar-refractivity contribution in [3.63, 3.8) is 0 Å². The van der Waals surface area contributed by atoms with Crippen LogP contribution in [0.25, 0.3) is 16.7 Å². The van der Waals surface area contributed by atoms with Gasteiger partial charge in [-0.1, -0.05) is 40.7 Å². The fourth-order valence-electron chi connectivity index (χ4n) is 3.56. The Bertz CT molecular complexity index is 1370. The number of pyridine rings is 1. The highest BCUT2D eigenvalue weighted by atomic mass is 32.2. The Hall–Kier alpha value is -2.73. The molecule has 0 bridgehead atoms. The Balaban J connectivity index is 0.00000344. The first-order valence-corrected chi connectivity index (χ1v) is 17.0. The molecule has 2 aromatic rings. The lowest BCUT2D eigenvalue weighted by atomic mass is 10.0. The SMILES string of the molecule is CC.CC.CC/C(=C\C=C(/C)F)c1oc2nc(N(CCCCS(C)(=O)=O)S(C)(=O)=O)c(C)cc2c1C(=O)NC. The Labute approximate surface area is 233 Å². The fourth-order valence-corrected chi connectivity index (χ4v) is 5.25. The van der Waals surface area contributed by atoms with E-state index in [0.717, 1.165) is 16.8 Å². The van der Waals surface area contributed by atoms with Gasteiger partial charge in [-0.15, -0.1) is 0 Å². The van der Waals surface area contributed by atoms with Crippen LogP contribution in [0.4, 0.5) is 10.2 Å². The number of aryl methyl sites for hydroxylation is 1. The van der Waals surface area contributed by atoms with E-state index >= 15 is 0 Å². The number of fused-ring (bicyclic) bond motifs is 1. The molecule has 222 valence electrons. The van der Waals surface area contributed by atoms with Gasteiger partial charge in [0, 0.05) is 25.6 Å². The van der Waals surface area contributed by atoms with Gasteiger partial charge in [-0.3, -0.25) is 9.10 Å². The van der Waals surface area contributed by atoms with E-state index < -0.39 is 31.6 Å². The highest BCUT2D eigenvalue weighted by Gasteiger charge is 2.27. The average molecular weight is 590 g/mol. The van der Waals surface area contributed by atoms with E-state index in [1.165, 1.54) is 26.1 Å². The van der Waals surface area contributed by atoms with Crippen molar-refractivity contribution >= 4 is 48.3 Å². The Morgan fingerprint density at radius 2 is 1.69 bits per heavy atom. The zero-order valence-corrected chi connectivity index (χ0v) is 26.4. The molecule has 1 amide bonds. The number of nitrogens with one attached hydrogen (secondary N) is 1. The van der Waals surface area contributed by atoms with E-state index in [4.69, 9.17) is 4.42 Å². The summed E-state index contributed by atoms with van der Waals surface area (Å²) < 4.78 is 68.3. The van der Waals surface area contributed by atoms with Gasteiger partial charge in [0.05, 0.1) is 23.0 Å². The lowest BCUT2D eigenvalue weighted by Crippen LogP contribution is -2.32. The molecular weight excluding hydrogens is 545 g/mol. The summed E-state index contributed by atoms with van der Waals surface area (Å²) in [6, 6.07) is 1.63. The van der Waals surface area contributed by atoms with Crippen molar-refractivity contribution in [2.45, 2.75) is 67.7 Å². The summed E-state index contributed by atoms with van der Waals surface area (Å²) in [6.07, 6.45) is 6.01. The van der Waals surface area contributed by atoms with E-state index in [2.05, 4.69) is 10.3 Å². The van der Waals surface area contributed by atoms with Crippen LogP contribution in [0.5, 0.6) is 0 Å². The molecule has 0 unspecified atom stereocenters. The van der Waals surface area contributed by atoms with Crippen LogP contribution in [0.1, 0.15) is 82.5 Å². The summed E-state index contributed by atoms with van der Waals surface area (Å²) in [6.45, 7) is 12.8. The van der Waals surface area contributed by atoms with Crippen LogP contribution in [0.2, 0.25) is 0 Å². The molecular formula is C27H44FN3O6S2. The van der Waals surface area contributed by atoms with Crippen LogP contribution in [0.15, 0.2) is 28.5 Å². The molecule has 0 aliphatic carbocycles. The van der Waals surface area contributed by atoms with Crippen LogP contribution in [-0.2, 0) is 19.9 Å². The maximum Gasteiger partial charge on any atom is 0.255 e. The van der Waals surface area contributed by atoms with Crippen LogP contribution in [0.3, 0.4) is 0 Å². The van der Waals surface area contributed by atoms with Crippen molar-refractivity contribution in [3.8, 4) is 0 Å². The van der Waals surface area contributed by atoms with Crippen molar-refractivity contribution in [1.82, 2.24) is 10.3 Å². The number of amides is 1. The van der Waals surface area contributed by atoms with Crippen LogP contribution >= 0.6 is 0 Å². The fraction of sp³-hybridized carbons (Fsp3) is 0.556. The molecule has 0 saturated heterocycles. The number of anilines is 1. The number of hydrogen-bond donors (Lipinski definition) is 1. The molecule has 2 heterocycles. The molecule has 0 radical (unpaired) electrons. The molecule has 1 N–H and O–H groups in total. The molecule has 9 nitrogen and oxygen atoms in total. The summed E-state index contributed by atoms with van der Waals surface area (Å²) in [7, 11) is -5.44. The number of aromatic nitrogens is 1. The van der Waals surface area contributed by atoms with Gasteiger partial charge in [-0.05, 0) is 56.4 Å². The van der Waals surface area contributed by atoms with Gasteiger partial charge in [0.25, 0.3) is 5.91 Å².